The maximum atomic E-state index is 12.4. The Labute approximate surface area is 156 Å². The van der Waals surface area contributed by atoms with Crippen molar-refractivity contribution in [1.29, 1.82) is 0 Å². The van der Waals surface area contributed by atoms with Crippen LogP contribution in [0.1, 0.15) is 33.2 Å². The third kappa shape index (κ3) is 4.89. The molecule has 0 aliphatic carbocycles. The van der Waals surface area contributed by atoms with Gasteiger partial charge in [0.05, 0.1) is 19.3 Å². The number of methoxy groups -OCH3 is 1. The molecule has 26 heavy (non-hydrogen) atoms. The van der Waals surface area contributed by atoms with E-state index in [1.165, 1.54) is 13.2 Å². The number of amides is 1. The number of halogens is 1. The van der Waals surface area contributed by atoms with Gasteiger partial charge in [0.25, 0.3) is 5.91 Å². The van der Waals surface area contributed by atoms with Crippen molar-refractivity contribution in [3.8, 4) is 11.5 Å². The molecule has 1 amide bonds. The van der Waals surface area contributed by atoms with Gasteiger partial charge in [-0.15, -0.1) is 0 Å². The number of benzene rings is 2. The molecular weight excluding hydrogens is 358 g/mol. The molecule has 0 saturated carbocycles. The molecule has 0 unspecified atom stereocenters. The number of carbonyl (C=O) groups excluding carboxylic acids is 1. The van der Waals surface area contributed by atoms with Crippen LogP contribution in [0.5, 0.6) is 11.5 Å². The predicted molar refractivity (Wildman–Crippen MR) is 98.6 cm³/mol. The van der Waals surface area contributed by atoms with E-state index in [2.05, 4.69) is 5.32 Å². The van der Waals surface area contributed by atoms with Gasteiger partial charge < -0.3 is 19.9 Å². The zero-order chi connectivity index (χ0) is 19.1. The minimum Gasteiger partial charge on any atom is -0.496 e. The molecule has 0 bridgehead atoms. The van der Waals surface area contributed by atoms with Gasteiger partial charge in [0.2, 0.25) is 0 Å². The van der Waals surface area contributed by atoms with E-state index in [0.29, 0.717) is 35.9 Å². The quantitative estimate of drug-likeness (QED) is 0.736. The maximum absolute atomic E-state index is 12.4. The Hall–Kier alpha value is -2.73. The van der Waals surface area contributed by atoms with Crippen molar-refractivity contribution in [2.24, 2.45) is 0 Å². The van der Waals surface area contributed by atoms with E-state index in [4.69, 9.17) is 26.2 Å². The smallest absolute Gasteiger partial charge is 0.339 e. The molecule has 0 spiro atoms. The number of nitrogens with one attached hydrogen (secondary N) is 1. The van der Waals surface area contributed by atoms with E-state index >= 15 is 0 Å². The van der Waals surface area contributed by atoms with Gasteiger partial charge in [0.15, 0.2) is 0 Å². The lowest BCUT2D eigenvalue weighted by Crippen LogP contribution is -2.26. The second-order valence-electron chi connectivity index (χ2n) is 5.42. The summed E-state index contributed by atoms with van der Waals surface area (Å²) in [5, 5.41) is 12.4. The van der Waals surface area contributed by atoms with E-state index in [1.807, 2.05) is 6.92 Å². The van der Waals surface area contributed by atoms with Gasteiger partial charge in [-0.2, -0.15) is 0 Å². The zero-order valence-electron chi connectivity index (χ0n) is 14.5. The topological polar surface area (TPSA) is 84.9 Å². The van der Waals surface area contributed by atoms with Crippen LogP contribution >= 0.6 is 11.6 Å². The van der Waals surface area contributed by atoms with E-state index in [0.717, 1.165) is 5.56 Å². The van der Waals surface area contributed by atoms with Crippen molar-refractivity contribution in [2.45, 2.75) is 13.3 Å². The van der Waals surface area contributed by atoms with Crippen LogP contribution in [0.4, 0.5) is 0 Å². The largest absolute Gasteiger partial charge is 0.496 e. The average Bonchev–Trinajstić information content (AvgIpc) is 2.62. The molecule has 2 aromatic rings. The molecular formula is C19H20ClNO5. The summed E-state index contributed by atoms with van der Waals surface area (Å²) in [4.78, 5) is 23.5. The van der Waals surface area contributed by atoms with Gasteiger partial charge in [0, 0.05) is 11.6 Å². The highest BCUT2D eigenvalue weighted by molar-refractivity contribution is 6.31. The van der Waals surface area contributed by atoms with Crippen LogP contribution in [-0.4, -0.2) is 37.2 Å². The van der Waals surface area contributed by atoms with Crippen LogP contribution < -0.4 is 14.8 Å². The standard InChI is InChI=1S/C19H20ClNO5/c1-3-26-16-7-5-13(20)11-15(16)18(22)21-9-8-12-4-6-14(19(23)24)17(10-12)25-2/h4-7,10-11H,3,8-9H2,1-2H3,(H,21,22)(H,23,24). The lowest BCUT2D eigenvalue weighted by molar-refractivity contribution is 0.0693. The van der Waals surface area contributed by atoms with Gasteiger partial charge in [-0.3, -0.25) is 4.79 Å². The van der Waals surface area contributed by atoms with Crippen molar-refractivity contribution in [2.75, 3.05) is 20.3 Å². The number of ether oxygens (including phenoxy) is 2. The minimum atomic E-state index is -1.05. The first-order valence-corrected chi connectivity index (χ1v) is 8.44. The SMILES string of the molecule is CCOc1ccc(Cl)cc1C(=O)NCCc1ccc(C(=O)O)c(OC)c1. The third-order valence-electron chi connectivity index (χ3n) is 3.68. The Bertz CT molecular complexity index is 807. The molecule has 138 valence electrons. The molecule has 2 rings (SSSR count). The molecule has 0 aromatic heterocycles. The Morgan fingerprint density at radius 1 is 1.12 bits per heavy atom. The van der Waals surface area contributed by atoms with E-state index in [-0.39, 0.29) is 17.2 Å². The molecule has 0 radical (unpaired) electrons. The van der Waals surface area contributed by atoms with Crippen molar-refractivity contribution in [3.05, 3.63) is 58.1 Å². The normalized spacial score (nSPS) is 10.3. The summed E-state index contributed by atoms with van der Waals surface area (Å²) in [5.41, 5.74) is 1.32. The number of carboxylic acid groups (broad SMARTS) is 1. The number of carboxylic acids is 1. The molecule has 7 heteroatoms. The van der Waals surface area contributed by atoms with Gasteiger partial charge >= 0.3 is 5.97 Å². The van der Waals surface area contributed by atoms with Crippen LogP contribution in [0.3, 0.4) is 0 Å². The molecule has 0 fully saturated rings. The fraction of sp³-hybridized carbons (Fsp3) is 0.263. The summed E-state index contributed by atoms with van der Waals surface area (Å²) in [6.07, 6.45) is 0.520. The number of rotatable bonds is 8. The van der Waals surface area contributed by atoms with Gasteiger partial charge in [0.1, 0.15) is 17.1 Å². The molecule has 0 heterocycles. The van der Waals surface area contributed by atoms with Crippen molar-refractivity contribution in [1.82, 2.24) is 5.32 Å². The first-order chi connectivity index (χ1) is 12.5. The number of hydrogen-bond donors (Lipinski definition) is 2. The third-order valence-corrected chi connectivity index (χ3v) is 3.92. The predicted octanol–water partition coefficient (Wildman–Crippen LogP) is 3.42. The molecule has 6 nitrogen and oxygen atoms in total. The maximum Gasteiger partial charge on any atom is 0.339 e. The Kier molecular flexibility index (Phi) is 6.86. The molecule has 0 saturated heterocycles. The Morgan fingerprint density at radius 3 is 2.54 bits per heavy atom. The van der Waals surface area contributed by atoms with E-state index < -0.39 is 5.97 Å². The fourth-order valence-corrected chi connectivity index (χ4v) is 2.62. The second kappa shape index (κ2) is 9.10. The minimum absolute atomic E-state index is 0.0977. The highest BCUT2D eigenvalue weighted by Crippen LogP contribution is 2.23. The first-order valence-electron chi connectivity index (χ1n) is 8.07. The lowest BCUT2D eigenvalue weighted by atomic mass is 10.1. The first kappa shape index (κ1) is 19.6. The Balaban J connectivity index is 2.03. The Morgan fingerprint density at radius 2 is 1.88 bits per heavy atom. The summed E-state index contributed by atoms with van der Waals surface area (Å²) in [6.45, 7) is 2.65. The second-order valence-corrected chi connectivity index (χ2v) is 5.86. The molecule has 2 N–H and O–H groups in total. The van der Waals surface area contributed by atoms with Crippen LogP contribution in [0.25, 0.3) is 0 Å². The fourth-order valence-electron chi connectivity index (χ4n) is 2.44. The van der Waals surface area contributed by atoms with Gasteiger partial charge in [-0.05, 0) is 49.2 Å². The van der Waals surface area contributed by atoms with Crippen LogP contribution in [-0.2, 0) is 6.42 Å². The van der Waals surface area contributed by atoms with E-state index in [1.54, 1.807) is 30.3 Å². The number of hydrogen-bond acceptors (Lipinski definition) is 4. The summed E-state index contributed by atoms with van der Waals surface area (Å²) in [6, 6.07) is 9.73. The van der Waals surface area contributed by atoms with Gasteiger partial charge in [-0.25, -0.2) is 4.79 Å². The van der Waals surface area contributed by atoms with Crippen molar-refractivity contribution < 1.29 is 24.2 Å². The molecule has 2 aromatic carbocycles. The molecule has 0 atom stereocenters. The lowest BCUT2D eigenvalue weighted by Gasteiger charge is -2.12. The summed E-state index contributed by atoms with van der Waals surface area (Å²) >= 11 is 5.97. The highest BCUT2D eigenvalue weighted by atomic mass is 35.5. The zero-order valence-corrected chi connectivity index (χ0v) is 15.3. The number of carbonyl (C=O) groups is 2. The van der Waals surface area contributed by atoms with Crippen molar-refractivity contribution in [3.63, 3.8) is 0 Å². The average molecular weight is 378 g/mol. The monoisotopic (exact) mass is 377 g/mol. The van der Waals surface area contributed by atoms with Crippen LogP contribution in [0, 0.1) is 0 Å². The van der Waals surface area contributed by atoms with Crippen LogP contribution in [0.2, 0.25) is 5.02 Å². The molecule has 0 aliphatic heterocycles. The number of aromatic carboxylic acids is 1. The van der Waals surface area contributed by atoms with Crippen LogP contribution in [0.15, 0.2) is 36.4 Å². The molecule has 0 aliphatic rings. The summed E-state index contributed by atoms with van der Waals surface area (Å²) < 4.78 is 10.6. The van der Waals surface area contributed by atoms with E-state index in [9.17, 15) is 9.59 Å². The summed E-state index contributed by atoms with van der Waals surface area (Å²) in [7, 11) is 1.42. The summed E-state index contributed by atoms with van der Waals surface area (Å²) in [5.74, 6) is -0.576. The van der Waals surface area contributed by atoms with Crippen molar-refractivity contribution >= 4 is 23.5 Å². The highest BCUT2D eigenvalue weighted by Gasteiger charge is 2.14. The van der Waals surface area contributed by atoms with Gasteiger partial charge in [-0.1, -0.05) is 17.7 Å².